The van der Waals surface area contributed by atoms with Crippen molar-refractivity contribution < 1.29 is 18.4 Å². The molecule has 0 radical (unpaired) electrons. The number of carbonyl (C=O) groups excluding carboxylic acids is 2. The number of urea groups is 1. The summed E-state index contributed by atoms with van der Waals surface area (Å²) in [6.07, 6.45) is 0. The van der Waals surface area contributed by atoms with Crippen LogP contribution < -0.4 is 10.2 Å². The van der Waals surface area contributed by atoms with Gasteiger partial charge in [-0.05, 0) is 42.5 Å². The largest absolute Gasteiger partial charge is 0.325 e. The second-order valence-electron chi connectivity index (χ2n) is 5.51. The molecule has 0 atom stereocenters. The lowest BCUT2D eigenvalue weighted by molar-refractivity contribution is -0.116. The first-order valence-electron chi connectivity index (χ1n) is 7.51. The summed E-state index contributed by atoms with van der Waals surface area (Å²) in [5.41, 5.74) is 0.915. The quantitative estimate of drug-likeness (QED) is 0.901. The van der Waals surface area contributed by atoms with Crippen LogP contribution in [0.4, 0.5) is 25.0 Å². The Kier molecular flexibility index (Phi) is 4.85. The molecular weight excluding hydrogens is 352 g/mol. The zero-order valence-electron chi connectivity index (χ0n) is 13.0. The molecule has 3 rings (SSSR count). The number of nitrogens with one attached hydrogen (secondary N) is 1. The zero-order valence-corrected chi connectivity index (χ0v) is 13.8. The van der Waals surface area contributed by atoms with E-state index in [0.29, 0.717) is 24.5 Å². The van der Waals surface area contributed by atoms with Crippen LogP contribution in [-0.4, -0.2) is 36.5 Å². The number of hydrogen-bond acceptors (Lipinski definition) is 2. The van der Waals surface area contributed by atoms with Gasteiger partial charge in [-0.1, -0.05) is 11.6 Å². The Balaban J connectivity index is 1.61. The second-order valence-corrected chi connectivity index (χ2v) is 5.92. The van der Waals surface area contributed by atoms with E-state index in [1.807, 2.05) is 0 Å². The number of hydrogen-bond donors (Lipinski definition) is 1. The lowest BCUT2D eigenvalue weighted by Gasteiger charge is -2.18. The van der Waals surface area contributed by atoms with Crippen molar-refractivity contribution in [3.8, 4) is 0 Å². The molecule has 130 valence electrons. The van der Waals surface area contributed by atoms with E-state index >= 15 is 0 Å². The monoisotopic (exact) mass is 365 g/mol. The van der Waals surface area contributed by atoms with Crippen LogP contribution in [0.15, 0.2) is 42.5 Å². The normalized spacial score (nSPS) is 14.1. The van der Waals surface area contributed by atoms with E-state index < -0.39 is 11.7 Å². The number of carbonyl (C=O) groups is 2. The third kappa shape index (κ3) is 3.88. The number of rotatable bonds is 4. The second kappa shape index (κ2) is 7.06. The number of anilines is 2. The predicted octanol–water partition coefficient (Wildman–Crippen LogP) is 3.50. The van der Waals surface area contributed by atoms with Gasteiger partial charge in [0.2, 0.25) is 5.91 Å². The molecule has 5 nitrogen and oxygen atoms in total. The van der Waals surface area contributed by atoms with Gasteiger partial charge in [-0.25, -0.2) is 13.6 Å². The van der Waals surface area contributed by atoms with Crippen LogP contribution >= 0.6 is 11.6 Å². The Hall–Kier alpha value is -2.67. The molecule has 1 fully saturated rings. The summed E-state index contributed by atoms with van der Waals surface area (Å²) in [5, 5.41) is 2.47. The summed E-state index contributed by atoms with van der Waals surface area (Å²) in [6.45, 7) is 0.624. The number of halogens is 3. The SMILES string of the molecule is O=C(CN1CCN(c2ccc(F)cc2)C1=O)Nc1ccc(F)c(Cl)c1. The Labute approximate surface area is 147 Å². The van der Waals surface area contributed by atoms with Crippen molar-refractivity contribution >= 4 is 34.9 Å². The number of nitrogens with zero attached hydrogens (tertiary/aromatic N) is 2. The molecule has 0 aromatic heterocycles. The van der Waals surface area contributed by atoms with E-state index in [1.165, 1.54) is 46.2 Å². The van der Waals surface area contributed by atoms with Crippen LogP contribution in [0.1, 0.15) is 0 Å². The topological polar surface area (TPSA) is 52.7 Å². The molecule has 25 heavy (non-hydrogen) atoms. The van der Waals surface area contributed by atoms with Gasteiger partial charge in [-0.15, -0.1) is 0 Å². The van der Waals surface area contributed by atoms with Gasteiger partial charge >= 0.3 is 6.03 Å². The molecule has 2 aromatic rings. The third-order valence-electron chi connectivity index (χ3n) is 3.77. The summed E-state index contributed by atoms with van der Waals surface area (Å²) in [4.78, 5) is 27.3. The average molecular weight is 366 g/mol. The fourth-order valence-corrected chi connectivity index (χ4v) is 2.72. The van der Waals surface area contributed by atoms with Crippen molar-refractivity contribution in [3.05, 3.63) is 59.1 Å². The van der Waals surface area contributed by atoms with Gasteiger partial charge in [0, 0.05) is 24.5 Å². The van der Waals surface area contributed by atoms with Crippen LogP contribution in [0.3, 0.4) is 0 Å². The molecule has 0 spiro atoms. The number of benzene rings is 2. The van der Waals surface area contributed by atoms with Gasteiger partial charge in [0.25, 0.3) is 0 Å². The zero-order chi connectivity index (χ0) is 18.0. The van der Waals surface area contributed by atoms with Gasteiger partial charge in [0.15, 0.2) is 0 Å². The molecule has 8 heteroatoms. The first kappa shape index (κ1) is 17.2. The molecule has 1 heterocycles. The minimum Gasteiger partial charge on any atom is -0.324 e. The summed E-state index contributed by atoms with van der Waals surface area (Å²) < 4.78 is 26.1. The van der Waals surface area contributed by atoms with Crippen molar-refractivity contribution in [3.63, 3.8) is 0 Å². The highest BCUT2D eigenvalue weighted by Gasteiger charge is 2.30. The smallest absolute Gasteiger partial charge is 0.324 e. The van der Waals surface area contributed by atoms with Crippen LogP contribution in [0, 0.1) is 11.6 Å². The maximum Gasteiger partial charge on any atom is 0.325 e. The minimum absolute atomic E-state index is 0.0995. The van der Waals surface area contributed by atoms with Crippen LogP contribution in [0.5, 0.6) is 0 Å². The molecule has 0 bridgehead atoms. The minimum atomic E-state index is -0.579. The summed E-state index contributed by atoms with van der Waals surface area (Å²) in [7, 11) is 0. The first-order chi connectivity index (χ1) is 11.9. The van der Waals surface area contributed by atoms with Crippen molar-refractivity contribution in [1.82, 2.24) is 4.90 Å². The van der Waals surface area contributed by atoms with Gasteiger partial charge < -0.3 is 10.2 Å². The van der Waals surface area contributed by atoms with E-state index in [4.69, 9.17) is 11.6 Å². The van der Waals surface area contributed by atoms with E-state index in [2.05, 4.69) is 5.32 Å². The Morgan fingerprint density at radius 2 is 1.84 bits per heavy atom. The molecular formula is C17H14ClF2N3O2. The fourth-order valence-electron chi connectivity index (χ4n) is 2.54. The average Bonchev–Trinajstić information content (AvgIpc) is 2.93. The van der Waals surface area contributed by atoms with E-state index in [9.17, 15) is 18.4 Å². The van der Waals surface area contributed by atoms with Crippen molar-refractivity contribution in [2.24, 2.45) is 0 Å². The highest BCUT2D eigenvalue weighted by molar-refractivity contribution is 6.31. The Morgan fingerprint density at radius 3 is 2.52 bits per heavy atom. The molecule has 1 aliphatic heterocycles. The summed E-state index contributed by atoms with van der Waals surface area (Å²) >= 11 is 5.66. The third-order valence-corrected chi connectivity index (χ3v) is 4.06. The van der Waals surface area contributed by atoms with E-state index in [0.717, 1.165) is 6.07 Å². The molecule has 0 unspecified atom stereocenters. The van der Waals surface area contributed by atoms with Crippen molar-refractivity contribution in [2.45, 2.75) is 0 Å². The first-order valence-corrected chi connectivity index (χ1v) is 7.89. The van der Waals surface area contributed by atoms with Gasteiger partial charge in [-0.3, -0.25) is 9.69 Å². The summed E-state index contributed by atoms with van der Waals surface area (Å²) in [5.74, 6) is -1.38. The van der Waals surface area contributed by atoms with Crippen molar-refractivity contribution in [1.29, 1.82) is 0 Å². The van der Waals surface area contributed by atoms with Crippen LogP contribution in [0.2, 0.25) is 5.02 Å². The molecule has 1 saturated heterocycles. The molecule has 3 amide bonds. The molecule has 1 aliphatic rings. The van der Waals surface area contributed by atoms with Gasteiger partial charge in [-0.2, -0.15) is 0 Å². The van der Waals surface area contributed by atoms with E-state index in [-0.39, 0.29) is 23.4 Å². The summed E-state index contributed by atoms with van der Waals surface area (Å²) in [6, 6.07) is 9.07. The molecule has 1 N–H and O–H groups in total. The Morgan fingerprint density at radius 1 is 1.12 bits per heavy atom. The lowest BCUT2D eigenvalue weighted by Crippen LogP contribution is -2.37. The lowest BCUT2D eigenvalue weighted by atomic mass is 10.3. The highest BCUT2D eigenvalue weighted by atomic mass is 35.5. The maximum atomic E-state index is 13.1. The van der Waals surface area contributed by atoms with Gasteiger partial charge in [0.1, 0.15) is 18.2 Å². The standard InChI is InChI=1S/C17H14ClF2N3O2/c18-14-9-12(3-6-15(14)20)21-16(24)10-22-7-8-23(17(22)25)13-4-1-11(19)2-5-13/h1-6,9H,7-8,10H2,(H,21,24). The highest BCUT2D eigenvalue weighted by Crippen LogP contribution is 2.21. The van der Waals surface area contributed by atoms with Crippen LogP contribution in [-0.2, 0) is 4.79 Å². The van der Waals surface area contributed by atoms with Crippen molar-refractivity contribution in [2.75, 3.05) is 29.9 Å². The fraction of sp³-hybridized carbons (Fsp3) is 0.176. The Bertz CT molecular complexity index is 814. The molecule has 0 aliphatic carbocycles. The number of amides is 3. The van der Waals surface area contributed by atoms with E-state index in [1.54, 1.807) is 0 Å². The molecule has 2 aromatic carbocycles. The maximum absolute atomic E-state index is 13.1. The van der Waals surface area contributed by atoms with Crippen LogP contribution in [0.25, 0.3) is 0 Å². The predicted molar refractivity (Wildman–Crippen MR) is 90.8 cm³/mol. The van der Waals surface area contributed by atoms with Gasteiger partial charge in [0.05, 0.1) is 5.02 Å². The molecule has 0 saturated carbocycles.